The highest BCUT2D eigenvalue weighted by Crippen LogP contribution is 2.30. The Balaban J connectivity index is 1.55. The number of nitrogens with zero attached hydrogens (tertiary/aromatic N) is 3. The van der Waals surface area contributed by atoms with Gasteiger partial charge in [-0.2, -0.15) is 4.98 Å². The van der Waals surface area contributed by atoms with Gasteiger partial charge in [-0.05, 0) is 47.5 Å². The first-order valence-electron chi connectivity index (χ1n) is 9.64. The van der Waals surface area contributed by atoms with Gasteiger partial charge >= 0.3 is 0 Å². The molecular formula is C22H16ClF4N5O. The van der Waals surface area contributed by atoms with Crippen molar-refractivity contribution in [2.75, 3.05) is 12.3 Å². The van der Waals surface area contributed by atoms with Gasteiger partial charge in [0.15, 0.2) is 5.65 Å². The van der Waals surface area contributed by atoms with Crippen molar-refractivity contribution in [3.63, 3.8) is 0 Å². The Bertz CT molecular complexity index is 1340. The molecule has 0 aliphatic heterocycles. The lowest BCUT2D eigenvalue weighted by atomic mass is 10.0. The van der Waals surface area contributed by atoms with Crippen LogP contribution in [-0.2, 0) is 6.42 Å². The number of fused-ring (bicyclic) bond motifs is 1. The molecule has 6 nitrogen and oxygen atoms in total. The predicted molar refractivity (Wildman–Crippen MR) is 115 cm³/mol. The number of halogens is 5. The average Bonchev–Trinajstić information content (AvgIpc) is 3.13. The summed E-state index contributed by atoms with van der Waals surface area (Å²) in [5.41, 5.74) is 5.91. The first kappa shape index (κ1) is 22.5. The number of rotatable bonds is 6. The molecule has 2 aromatic carbocycles. The average molecular weight is 478 g/mol. The van der Waals surface area contributed by atoms with Crippen molar-refractivity contribution < 1.29 is 22.4 Å². The van der Waals surface area contributed by atoms with Crippen molar-refractivity contribution in [1.82, 2.24) is 19.9 Å². The Morgan fingerprint density at radius 2 is 1.85 bits per heavy atom. The minimum Gasteiger partial charge on any atom is -0.366 e. The van der Waals surface area contributed by atoms with Crippen LogP contribution in [0.3, 0.4) is 0 Å². The minimum absolute atomic E-state index is 0.0201. The molecular weight excluding hydrogens is 462 g/mol. The van der Waals surface area contributed by atoms with Crippen LogP contribution in [0.15, 0.2) is 54.7 Å². The van der Waals surface area contributed by atoms with E-state index in [9.17, 15) is 18.0 Å². The van der Waals surface area contributed by atoms with Crippen molar-refractivity contribution in [3.8, 4) is 11.1 Å². The van der Waals surface area contributed by atoms with E-state index in [4.69, 9.17) is 17.3 Å². The zero-order chi connectivity index (χ0) is 23.8. The number of hydrogen-bond donors (Lipinski definition) is 2. The SMILES string of the molecule is Nc1nc2cc(-c3ccc(Cl)c(C(=O)NCC(F)(F)Cc4ccc(F)cc4)c3F)ccn2n1. The number of alkyl halides is 2. The third-order valence-electron chi connectivity index (χ3n) is 4.87. The standard InChI is InChI=1S/C22H16ClF4N5O/c23-16-6-5-15(13-7-8-32-17(9-13)30-21(28)31-32)19(25)18(16)20(33)29-11-22(26,27)10-12-1-3-14(24)4-2-12/h1-9H,10-11H2,(H2,28,31)(H,29,33). The van der Waals surface area contributed by atoms with Crippen LogP contribution in [0.5, 0.6) is 0 Å². The van der Waals surface area contributed by atoms with E-state index in [0.717, 1.165) is 12.1 Å². The number of carbonyl (C=O) groups is 1. The Morgan fingerprint density at radius 1 is 1.12 bits per heavy atom. The highest BCUT2D eigenvalue weighted by atomic mass is 35.5. The Kier molecular flexibility index (Phi) is 5.94. The summed E-state index contributed by atoms with van der Waals surface area (Å²) in [7, 11) is 0. The Hall–Kier alpha value is -3.66. The Morgan fingerprint density at radius 3 is 2.58 bits per heavy atom. The van der Waals surface area contributed by atoms with Crippen molar-refractivity contribution in [1.29, 1.82) is 0 Å². The molecule has 170 valence electrons. The fourth-order valence-corrected chi connectivity index (χ4v) is 3.54. The molecule has 4 rings (SSSR count). The number of amides is 1. The summed E-state index contributed by atoms with van der Waals surface area (Å²) < 4.78 is 58.2. The number of benzene rings is 2. The van der Waals surface area contributed by atoms with Crippen LogP contribution in [0.2, 0.25) is 5.02 Å². The van der Waals surface area contributed by atoms with Gasteiger partial charge in [0, 0.05) is 18.2 Å². The molecule has 0 spiro atoms. The Labute approximate surface area is 190 Å². The van der Waals surface area contributed by atoms with Crippen LogP contribution in [0.25, 0.3) is 16.8 Å². The zero-order valence-electron chi connectivity index (χ0n) is 16.8. The van der Waals surface area contributed by atoms with E-state index in [1.165, 1.54) is 47.1 Å². The molecule has 0 atom stereocenters. The molecule has 4 aromatic rings. The van der Waals surface area contributed by atoms with Crippen molar-refractivity contribution in [3.05, 3.63) is 82.5 Å². The summed E-state index contributed by atoms with van der Waals surface area (Å²) >= 11 is 6.01. The maximum atomic E-state index is 15.2. The lowest BCUT2D eigenvalue weighted by Gasteiger charge is -2.18. The number of nitrogens with two attached hydrogens (primary N) is 1. The van der Waals surface area contributed by atoms with Crippen LogP contribution in [0.1, 0.15) is 15.9 Å². The number of anilines is 1. The summed E-state index contributed by atoms with van der Waals surface area (Å²) in [6, 6.07) is 10.3. The number of pyridine rings is 1. The monoisotopic (exact) mass is 477 g/mol. The molecule has 0 unspecified atom stereocenters. The first-order chi connectivity index (χ1) is 15.6. The van der Waals surface area contributed by atoms with E-state index in [1.807, 2.05) is 5.32 Å². The second-order valence-corrected chi connectivity index (χ2v) is 7.72. The zero-order valence-corrected chi connectivity index (χ0v) is 17.6. The molecule has 33 heavy (non-hydrogen) atoms. The summed E-state index contributed by atoms with van der Waals surface area (Å²) in [6.07, 6.45) is 0.781. The number of carbonyl (C=O) groups excluding carboxylic acids is 1. The minimum atomic E-state index is -3.35. The summed E-state index contributed by atoms with van der Waals surface area (Å²) in [6.45, 7) is -1.06. The fraction of sp³-hybridized carbons (Fsp3) is 0.136. The van der Waals surface area contributed by atoms with Crippen molar-refractivity contribution in [2.45, 2.75) is 12.3 Å². The maximum absolute atomic E-state index is 15.2. The van der Waals surface area contributed by atoms with Gasteiger partial charge < -0.3 is 11.1 Å². The second-order valence-electron chi connectivity index (χ2n) is 7.31. The maximum Gasteiger partial charge on any atom is 0.269 e. The van der Waals surface area contributed by atoms with Gasteiger partial charge in [-0.3, -0.25) is 4.79 Å². The van der Waals surface area contributed by atoms with Gasteiger partial charge in [-0.15, -0.1) is 5.10 Å². The summed E-state index contributed by atoms with van der Waals surface area (Å²) in [5.74, 6) is -5.94. The smallest absolute Gasteiger partial charge is 0.269 e. The molecule has 0 saturated carbocycles. The van der Waals surface area contributed by atoms with Crippen molar-refractivity contribution >= 4 is 29.1 Å². The van der Waals surface area contributed by atoms with Crippen LogP contribution < -0.4 is 11.1 Å². The number of nitrogens with one attached hydrogen (secondary N) is 1. The number of hydrogen-bond acceptors (Lipinski definition) is 4. The van der Waals surface area contributed by atoms with Crippen molar-refractivity contribution in [2.24, 2.45) is 0 Å². The topological polar surface area (TPSA) is 85.3 Å². The normalized spacial score (nSPS) is 11.7. The molecule has 0 radical (unpaired) electrons. The first-order valence-corrected chi connectivity index (χ1v) is 10.0. The molecule has 0 bridgehead atoms. The van der Waals surface area contributed by atoms with E-state index < -0.39 is 42.0 Å². The van der Waals surface area contributed by atoms with Gasteiger partial charge in [0.2, 0.25) is 5.95 Å². The number of nitrogen functional groups attached to an aromatic ring is 1. The molecule has 0 aliphatic rings. The lowest BCUT2D eigenvalue weighted by molar-refractivity contribution is 0.00299. The van der Waals surface area contributed by atoms with E-state index >= 15 is 4.39 Å². The third-order valence-corrected chi connectivity index (χ3v) is 5.18. The molecule has 3 N–H and O–H groups in total. The summed E-state index contributed by atoms with van der Waals surface area (Å²) in [4.78, 5) is 16.6. The quantitative estimate of drug-likeness (QED) is 0.400. The van der Waals surface area contributed by atoms with E-state index in [0.29, 0.717) is 11.2 Å². The molecule has 0 saturated heterocycles. The van der Waals surface area contributed by atoms with Crippen LogP contribution in [0.4, 0.5) is 23.5 Å². The largest absolute Gasteiger partial charge is 0.366 e. The van der Waals surface area contributed by atoms with Gasteiger partial charge in [0.25, 0.3) is 11.8 Å². The summed E-state index contributed by atoms with van der Waals surface area (Å²) in [5, 5.41) is 5.73. The molecule has 2 aromatic heterocycles. The highest BCUT2D eigenvalue weighted by molar-refractivity contribution is 6.34. The van der Waals surface area contributed by atoms with Gasteiger partial charge in [0.05, 0.1) is 17.1 Å². The molecule has 1 amide bonds. The van der Waals surface area contributed by atoms with Crippen LogP contribution >= 0.6 is 11.6 Å². The van der Waals surface area contributed by atoms with Crippen LogP contribution in [-0.4, -0.2) is 33.0 Å². The third kappa shape index (κ3) is 4.90. The number of aromatic nitrogens is 3. The van der Waals surface area contributed by atoms with E-state index in [1.54, 1.807) is 0 Å². The van der Waals surface area contributed by atoms with E-state index in [-0.39, 0.29) is 22.1 Å². The molecule has 11 heteroatoms. The van der Waals surface area contributed by atoms with Gasteiger partial charge in [-0.1, -0.05) is 23.7 Å². The fourth-order valence-electron chi connectivity index (χ4n) is 3.31. The lowest BCUT2D eigenvalue weighted by Crippen LogP contribution is -2.38. The molecule has 2 heterocycles. The van der Waals surface area contributed by atoms with Gasteiger partial charge in [-0.25, -0.2) is 22.1 Å². The molecule has 0 fully saturated rings. The highest BCUT2D eigenvalue weighted by Gasteiger charge is 2.31. The predicted octanol–water partition coefficient (Wildman–Crippen LogP) is 4.52. The van der Waals surface area contributed by atoms with Crippen LogP contribution in [0, 0.1) is 11.6 Å². The van der Waals surface area contributed by atoms with E-state index in [2.05, 4.69) is 10.1 Å². The van der Waals surface area contributed by atoms with Gasteiger partial charge in [0.1, 0.15) is 11.6 Å². The molecule has 0 aliphatic carbocycles. The second kappa shape index (κ2) is 8.70.